The fraction of sp³-hybridized carbons (Fsp3) is 0.462. The first-order valence-corrected chi connectivity index (χ1v) is 5.75. The van der Waals surface area contributed by atoms with Gasteiger partial charge in [-0.1, -0.05) is 17.7 Å². The highest BCUT2D eigenvalue weighted by Crippen LogP contribution is 2.23. The van der Waals surface area contributed by atoms with Gasteiger partial charge in [-0.3, -0.25) is 4.79 Å². The first-order chi connectivity index (χ1) is 8.04. The van der Waals surface area contributed by atoms with Crippen molar-refractivity contribution in [1.82, 2.24) is 0 Å². The Labute approximate surface area is 101 Å². The van der Waals surface area contributed by atoms with Crippen LogP contribution >= 0.6 is 0 Å². The molecule has 17 heavy (non-hydrogen) atoms. The summed E-state index contributed by atoms with van der Waals surface area (Å²) in [7, 11) is 0. The number of hydrogen-bond acceptors (Lipinski definition) is 3. The second-order valence-corrected chi connectivity index (χ2v) is 4.76. The van der Waals surface area contributed by atoms with Gasteiger partial charge >= 0.3 is 0 Å². The Hall–Kier alpha value is -1.39. The van der Waals surface area contributed by atoms with Crippen molar-refractivity contribution in [3.05, 3.63) is 29.8 Å². The monoisotopic (exact) mass is 234 g/mol. The molecule has 1 atom stereocenters. The largest absolute Gasteiger partial charge is 0.362 e. The molecular formula is C13H18N2O2. The fourth-order valence-corrected chi connectivity index (χ4v) is 1.87. The van der Waals surface area contributed by atoms with Crippen LogP contribution in [0.2, 0.25) is 0 Å². The Morgan fingerprint density at radius 3 is 2.65 bits per heavy atom. The van der Waals surface area contributed by atoms with E-state index in [1.807, 2.05) is 38.1 Å². The molecule has 1 amide bonds. The molecule has 0 saturated carbocycles. The van der Waals surface area contributed by atoms with Crippen molar-refractivity contribution < 1.29 is 9.53 Å². The maximum absolute atomic E-state index is 11.8. The van der Waals surface area contributed by atoms with Gasteiger partial charge in [0.05, 0.1) is 12.1 Å². The van der Waals surface area contributed by atoms with Crippen LogP contribution in [0.4, 0.5) is 5.69 Å². The topological polar surface area (TPSA) is 55.6 Å². The first kappa shape index (κ1) is 12.1. The number of nitrogens with two attached hydrogens (primary N) is 1. The third-order valence-electron chi connectivity index (χ3n) is 3.12. The number of morpholine rings is 1. The van der Waals surface area contributed by atoms with Crippen LogP contribution < -0.4 is 10.6 Å². The van der Waals surface area contributed by atoms with Gasteiger partial charge in [-0.15, -0.1) is 0 Å². The van der Waals surface area contributed by atoms with E-state index in [-0.39, 0.29) is 12.5 Å². The highest BCUT2D eigenvalue weighted by molar-refractivity contribution is 5.95. The molecule has 0 radical (unpaired) electrons. The number of aryl methyl sites for hydroxylation is 1. The van der Waals surface area contributed by atoms with E-state index in [0.717, 1.165) is 5.69 Å². The summed E-state index contributed by atoms with van der Waals surface area (Å²) in [6, 6.07) is 7.90. The molecule has 0 bridgehead atoms. The lowest BCUT2D eigenvalue weighted by atomic mass is 10.0. The lowest BCUT2D eigenvalue weighted by molar-refractivity contribution is -0.135. The predicted octanol–water partition coefficient (Wildman–Crippen LogP) is 1.08. The van der Waals surface area contributed by atoms with Crippen molar-refractivity contribution in [3.63, 3.8) is 0 Å². The average molecular weight is 234 g/mol. The summed E-state index contributed by atoms with van der Waals surface area (Å²) in [6.45, 7) is 4.96. The minimum absolute atomic E-state index is 0.0141. The predicted molar refractivity (Wildman–Crippen MR) is 66.9 cm³/mol. The molecule has 0 spiro atoms. The number of carbonyl (C=O) groups is 1. The smallest absolute Gasteiger partial charge is 0.253 e. The van der Waals surface area contributed by atoms with Gasteiger partial charge in [-0.2, -0.15) is 0 Å². The summed E-state index contributed by atoms with van der Waals surface area (Å²) >= 11 is 0. The minimum atomic E-state index is -0.446. The minimum Gasteiger partial charge on any atom is -0.362 e. The van der Waals surface area contributed by atoms with E-state index in [4.69, 9.17) is 10.5 Å². The first-order valence-electron chi connectivity index (χ1n) is 5.75. The highest BCUT2D eigenvalue weighted by Gasteiger charge is 2.35. The number of nitrogens with zero attached hydrogens (tertiary/aromatic N) is 1. The van der Waals surface area contributed by atoms with Crippen LogP contribution in [0.15, 0.2) is 24.3 Å². The third-order valence-corrected chi connectivity index (χ3v) is 3.12. The van der Waals surface area contributed by atoms with E-state index >= 15 is 0 Å². The zero-order valence-corrected chi connectivity index (χ0v) is 10.3. The Balaban J connectivity index is 2.24. The van der Waals surface area contributed by atoms with Crippen LogP contribution in [-0.4, -0.2) is 31.2 Å². The maximum atomic E-state index is 11.8. The number of benzene rings is 1. The van der Waals surface area contributed by atoms with Gasteiger partial charge < -0.3 is 15.4 Å². The molecular weight excluding hydrogens is 216 g/mol. The number of ether oxygens (including phenoxy) is 1. The normalized spacial score (nSPS) is 25.1. The van der Waals surface area contributed by atoms with E-state index in [2.05, 4.69) is 0 Å². The van der Waals surface area contributed by atoms with E-state index < -0.39 is 5.60 Å². The van der Waals surface area contributed by atoms with Crippen molar-refractivity contribution in [2.75, 3.05) is 24.6 Å². The second kappa shape index (κ2) is 4.47. The van der Waals surface area contributed by atoms with Gasteiger partial charge in [0.1, 0.15) is 6.61 Å². The molecule has 1 fully saturated rings. The molecule has 4 heteroatoms. The third kappa shape index (κ3) is 2.48. The zero-order chi connectivity index (χ0) is 12.5. The number of carbonyl (C=O) groups excluding carboxylic acids is 1. The van der Waals surface area contributed by atoms with Gasteiger partial charge in [-0.05, 0) is 26.0 Å². The Kier molecular flexibility index (Phi) is 3.17. The fourth-order valence-electron chi connectivity index (χ4n) is 1.87. The van der Waals surface area contributed by atoms with Crippen LogP contribution in [0.3, 0.4) is 0 Å². The van der Waals surface area contributed by atoms with Crippen molar-refractivity contribution in [2.24, 2.45) is 5.73 Å². The van der Waals surface area contributed by atoms with Gasteiger partial charge in [-0.25, -0.2) is 0 Å². The summed E-state index contributed by atoms with van der Waals surface area (Å²) in [4.78, 5) is 13.6. The summed E-state index contributed by atoms with van der Waals surface area (Å²) < 4.78 is 5.49. The van der Waals surface area contributed by atoms with Crippen molar-refractivity contribution in [2.45, 2.75) is 19.4 Å². The summed E-state index contributed by atoms with van der Waals surface area (Å²) in [5.41, 5.74) is 7.32. The molecule has 2 rings (SSSR count). The molecule has 1 heterocycles. The maximum Gasteiger partial charge on any atom is 0.253 e. The van der Waals surface area contributed by atoms with Crippen molar-refractivity contribution >= 4 is 11.6 Å². The van der Waals surface area contributed by atoms with Crippen LogP contribution in [0.25, 0.3) is 0 Å². The molecule has 1 saturated heterocycles. The highest BCUT2D eigenvalue weighted by atomic mass is 16.5. The average Bonchev–Trinajstić information content (AvgIpc) is 2.34. The van der Waals surface area contributed by atoms with E-state index in [0.29, 0.717) is 13.1 Å². The van der Waals surface area contributed by atoms with Crippen LogP contribution in [-0.2, 0) is 9.53 Å². The standard InChI is InChI=1S/C13H18N2O2/c1-10-3-5-11(6-4-10)15-9-13(2,8-14)17-7-12(15)16/h3-6H,7-9,14H2,1-2H3. The number of anilines is 1. The zero-order valence-electron chi connectivity index (χ0n) is 10.3. The summed E-state index contributed by atoms with van der Waals surface area (Å²) in [5, 5.41) is 0. The molecule has 92 valence electrons. The second-order valence-electron chi connectivity index (χ2n) is 4.76. The Morgan fingerprint density at radius 1 is 1.41 bits per heavy atom. The van der Waals surface area contributed by atoms with Crippen LogP contribution in [0, 0.1) is 6.92 Å². The van der Waals surface area contributed by atoms with Gasteiger partial charge in [0.2, 0.25) is 0 Å². The van der Waals surface area contributed by atoms with Gasteiger partial charge in [0.15, 0.2) is 0 Å². The SMILES string of the molecule is Cc1ccc(N2CC(C)(CN)OCC2=O)cc1. The van der Waals surface area contributed by atoms with E-state index in [1.54, 1.807) is 4.90 Å². The lowest BCUT2D eigenvalue weighted by Gasteiger charge is -2.39. The molecule has 4 nitrogen and oxygen atoms in total. The lowest BCUT2D eigenvalue weighted by Crippen LogP contribution is -2.56. The quantitative estimate of drug-likeness (QED) is 0.833. The van der Waals surface area contributed by atoms with Gasteiger partial charge in [0, 0.05) is 12.2 Å². The molecule has 1 aliphatic rings. The van der Waals surface area contributed by atoms with Crippen LogP contribution in [0.5, 0.6) is 0 Å². The van der Waals surface area contributed by atoms with E-state index in [9.17, 15) is 4.79 Å². The van der Waals surface area contributed by atoms with E-state index in [1.165, 1.54) is 5.56 Å². The molecule has 1 aromatic carbocycles. The molecule has 1 aliphatic heterocycles. The molecule has 1 unspecified atom stereocenters. The van der Waals surface area contributed by atoms with Crippen molar-refractivity contribution in [1.29, 1.82) is 0 Å². The summed E-state index contributed by atoms with van der Waals surface area (Å²) in [5.74, 6) is -0.0141. The van der Waals surface area contributed by atoms with Crippen LogP contribution in [0.1, 0.15) is 12.5 Å². The number of amides is 1. The molecule has 0 aliphatic carbocycles. The Bertz CT molecular complexity index is 416. The Morgan fingerprint density at radius 2 is 2.06 bits per heavy atom. The number of rotatable bonds is 2. The molecule has 2 N–H and O–H groups in total. The van der Waals surface area contributed by atoms with Gasteiger partial charge in [0.25, 0.3) is 5.91 Å². The summed E-state index contributed by atoms with van der Waals surface area (Å²) in [6.07, 6.45) is 0. The number of hydrogen-bond donors (Lipinski definition) is 1. The van der Waals surface area contributed by atoms with Crippen molar-refractivity contribution in [3.8, 4) is 0 Å². The molecule has 1 aromatic rings. The molecule has 0 aromatic heterocycles.